The number of nitriles is 1. The van der Waals surface area contributed by atoms with Crippen molar-refractivity contribution in [3.8, 4) is 11.8 Å². The Morgan fingerprint density at radius 2 is 1.96 bits per heavy atom. The van der Waals surface area contributed by atoms with Crippen LogP contribution in [0.5, 0.6) is 5.75 Å². The Balaban J connectivity index is 1.90. The minimum Gasteiger partial charge on any atom is -0.479 e. The lowest BCUT2D eigenvalue weighted by molar-refractivity contribution is 0.123. The van der Waals surface area contributed by atoms with Crippen LogP contribution in [0.15, 0.2) is 24.3 Å². The molecule has 0 spiro atoms. The lowest BCUT2D eigenvalue weighted by Crippen LogP contribution is -2.38. The van der Waals surface area contributed by atoms with Gasteiger partial charge in [0.05, 0.1) is 0 Å². The summed E-state index contributed by atoms with van der Waals surface area (Å²) < 4.78 is 5.28. The van der Waals surface area contributed by atoms with E-state index in [-0.39, 0.29) is 24.7 Å². The predicted molar refractivity (Wildman–Crippen MR) is 91.2 cm³/mol. The third-order valence-corrected chi connectivity index (χ3v) is 5.02. The average molecular weight is 316 g/mol. The SMILES string of the molecule is CC(NCC1(CCO)CCCCC1)c1ccc(OCC#N)cc1. The van der Waals surface area contributed by atoms with Gasteiger partial charge in [0.1, 0.15) is 11.8 Å². The van der Waals surface area contributed by atoms with Gasteiger partial charge >= 0.3 is 0 Å². The zero-order valence-electron chi connectivity index (χ0n) is 14.1. The summed E-state index contributed by atoms with van der Waals surface area (Å²) in [6, 6.07) is 10.1. The van der Waals surface area contributed by atoms with E-state index in [1.807, 2.05) is 30.3 Å². The van der Waals surface area contributed by atoms with E-state index in [2.05, 4.69) is 12.2 Å². The van der Waals surface area contributed by atoms with E-state index < -0.39 is 0 Å². The molecule has 2 rings (SSSR count). The van der Waals surface area contributed by atoms with E-state index in [0.717, 1.165) is 18.7 Å². The van der Waals surface area contributed by atoms with Gasteiger partial charge in [-0.05, 0) is 49.3 Å². The van der Waals surface area contributed by atoms with Crippen molar-refractivity contribution in [1.82, 2.24) is 5.32 Å². The van der Waals surface area contributed by atoms with E-state index >= 15 is 0 Å². The first-order chi connectivity index (χ1) is 11.2. The van der Waals surface area contributed by atoms with E-state index in [1.165, 1.54) is 37.7 Å². The Bertz CT molecular complexity index is 496. The minimum absolute atomic E-state index is 0.0802. The lowest BCUT2D eigenvalue weighted by atomic mass is 9.72. The molecule has 1 saturated carbocycles. The van der Waals surface area contributed by atoms with Crippen molar-refractivity contribution >= 4 is 0 Å². The molecular formula is C19H28N2O2. The maximum atomic E-state index is 9.40. The summed E-state index contributed by atoms with van der Waals surface area (Å²) in [5, 5.41) is 21.6. The molecule has 1 fully saturated rings. The number of nitrogens with one attached hydrogen (secondary N) is 1. The summed E-state index contributed by atoms with van der Waals surface area (Å²) in [6.45, 7) is 3.49. The van der Waals surface area contributed by atoms with Crippen LogP contribution in [0.2, 0.25) is 0 Å². The second kappa shape index (κ2) is 8.90. The Labute approximate surface area is 139 Å². The Hall–Kier alpha value is -1.57. The van der Waals surface area contributed by atoms with E-state index in [0.29, 0.717) is 0 Å². The fourth-order valence-electron chi connectivity index (χ4n) is 3.51. The van der Waals surface area contributed by atoms with Crippen molar-refractivity contribution in [3.63, 3.8) is 0 Å². The van der Waals surface area contributed by atoms with Crippen LogP contribution in [0, 0.1) is 16.7 Å². The summed E-state index contributed by atoms with van der Waals surface area (Å²) in [5.74, 6) is 0.728. The first-order valence-corrected chi connectivity index (χ1v) is 8.63. The Morgan fingerprint density at radius 3 is 2.57 bits per heavy atom. The van der Waals surface area contributed by atoms with Crippen LogP contribution in [-0.2, 0) is 0 Å². The fourth-order valence-corrected chi connectivity index (χ4v) is 3.51. The van der Waals surface area contributed by atoms with Crippen molar-refractivity contribution < 1.29 is 9.84 Å². The largest absolute Gasteiger partial charge is 0.479 e. The summed E-state index contributed by atoms with van der Waals surface area (Å²) in [7, 11) is 0. The zero-order valence-corrected chi connectivity index (χ0v) is 14.1. The molecule has 4 nitrogen and oxygen atoms in total. The second-order valence-corrected chi connectivity index (χ2v) is 6.65. The number of aliphatic hydroxyl groups excluding tert-OH is 1. The molecule has 4 heteroatoms. The molecule has 1 aliphatic carbocycles. The highest BCUT2D eigenvalue weighted by Crippen LogP contribution is 2.39. The van der Waals surface area contributed by atoms with Crippen LogP contribution in [0.3, 0.4) is 0 Å². The summed E-state index contributed by atoms with van der Waals surface area (Å²) >= 11 is 0. The van der Waals surface area contributed by atoms with Crippen LogP contribution in [0.4, 0.5) is 0 Å². The minimum atomic E-state index is 0.0802. The standard InChI is InChI=1S/C19H28N2O2/c1-16(17-5-7-18(8-6-17)23-14-12-20)21-15-19(11-13-22)9-3-2-4-10-19/h5-8,16,21-22H,2-4,9-11,13-15H2,1H3. The van der Waals surface area contributed by atoms with Crippen LogP contribution >= 0.6 is 0 Å². The van der Waals surface area contributed by atoms with Crippen LogP contribution < -0.4 is 10.1 Å². The molecule has 1 aromatic carbocycles. The monoisotopic (exact) mass is 316 g/mol. The highest BCUT2D eigenvalue weighted by atomic mass is 16.5. The molecule has 0 radical (unpaired) electrons. The van der Waals surface area contributed by atoms with Gasteiger partial charge in [0, 0.05) is 19.2 Å². The van der Waals surface area contributed by atoms with Crippen molar-refractivity contribution in [1.29, 1.82) is 5.26 Å². The maximum absolute atomic E-state index is 9.40. The average Bonchev–Trinajstić information content (AvgIpc) is 2.59. The van der Waals surface area contributed by atoms with E-state index in [9.17, 15) is 5.11 Å². The number of rotatable bonds is 8. The van der Waals surface area contributed by atoms with Crippen LogP contribution in [0.25, 0.3) is 0 Å². The van der Waals surface area contributed by atoms with Gasteiger partial charge in [-0.3, -0.25) is 0 Å². The van der Waals surface area contributed by atoms with Gasteiger partial charge < -0.3 is 15.2 Å². The number of hydrogen-bond acceptors (Lipinski definition) is 4. The topological polar surface area (TPSA) is 65.3 Å². The molecule has 1 aromatic rings. The van der Waals surface area contributed by atoms with Gasteiger partial charge in [0.25, 0.3) is 0 Å². The van der Waals surface area contributed by atoms with E-state index in [1.54, 1.807) is 0 Å². The van der Waals surface area contributed by atoms with Gasteiger partial charge in [0.15, 0.2) is 6.61 Å². The highest BCUT2D eigenvalue weighted by molar-refractivity contribution is 5.29. The maximum Gasteiger partial charge on any atom is 0.174 e. The van der Waals surface area contributed by atoms with Crippen molar-refractivity contribution in [2.45, 2.75) is 51.5 Å². The highest BCUT2D eigenvalue weighted by Gasteiger charge is 2.31. The number of ether oxygens (including phenoxy) is 1. The third kappa shape index (κ3) is 5.23. The normalized spacial score (nSPS) is 18.1. The quantitative estimate of drug-likeness (QED) is 0.769. The molecule has 0 bridgehead atoms. The molecule has 23 heavy (non-hydrogen) atoms. The van der Waals surface area contributed by atoms with Gasteiger partial charge in [0.2, 0.25) is 0 Å². The second-order valence-electron chi connectivity index (χ2n) is 6.65. The first-order valence-electron chi connectivity index (χ1n) is 8.63. The predicted octanol–water partition coefficient (Wildman–Crippen LogP) is 3.57. The zero-order chi connectivity index (χ0) is 16.5. The molecule has 1 atom stereocenters. The molecular weight excluding hydrogens is 288 g/mol. The molecule has 0 saturated heterocycles. The van der Waals surface area contributed by atoms with Gasteiger partial charge in [-0.15, -0.1) is 0 Å². The van der Waals surface area contributed by atoms with Gasteiger partial charge in [-0.2, -0.15) is 5.26 Å². The number of benzene rings is 1. The molecule has 0 aliphatic heterocycles. The van der Waals surface area contributed by atoms with Crippen molar-refractivity contribution in [2.75, 3.05) is 19.8 Å². The smallest absolute Gasteiger partial charge is 0.174 e. The Morgan fingerprint density at radius 1 is 1.26 bits per heavy atom. The fraction of sp³-hybridized carbons (Fsp3) is 0.632. The number of aliphatic hydroxyl groups is 1. The molecule has 0 heterocycles. The molecule has 0 amide bonds. The van der Waals surface area contributed by atoms with Crippen LogP contribution in [0.1, 0.15) is 57.1 Å². The molecule has 1 unspecified atom stereocenters. The van der Waals surface area contributed by atoms with Crippen molar-refractivity contribution in [2.24, 2.45) is 5.41 Å². The lowest BCUT2D eigenvalue weighted by Gasteiger charge is -2.38. The molecule has 1 aliphatic rings. The van der Waals surface area contributed by atoms with Crippen LogP contribution in [-0.4, -0.2) is 24.9 Å². The molecule has 2 N–H and O–H groups in total. The summed E-state index contributed by atoms with van der Waals surface area (Å²) in [5.41, 5.74) is 1.47. The molecule has 126 valence electrons. The van der Waals surface area contributed by atoms with Gasteiger partial charge in [-0.1, -0.05) is 31.4 Å². The summed E-state index contributed by atoms with van der Waals surface area (Å²) in [6.07, 6.45) is 7.21. The molecule has 0 aromatic heterocycles. The summed E-state index contributed by atoms with van der Waals surface area (Å²) in [4.78, 5) is 0. The number of hydrogen-bond donors (Lipinski definition) is 2. The van der Waals surface area contributed by atoms with E-state index in [4.69, 9.17) is 10.00 Å². The Kier molecular flexibility index (Phi) is 6.88. The van der Waals surface area contributed by atoms with Crippen molar-refractivity contribution in [3.05, 3.63) is 29.8 Å². The first kappa shape index (κ1) is 17.8. The van der Waals surface area contributed by atoms with Gasteiger partial charge in [-0.25, -0.2) is 0 Å². The number of nitrogens with zero attached hydrogens (tertiary/aromatic N) is 1. The third-order valence-electron chi connectivity index (χ3n) is 5.02.